The lowest BCUT2D eigenvalue weighted by Crippen LogP contribution is -2.24. The van der Waals surface area contributed by atoms with E-state index < -0.39 is 5.97 Å². The van der Waals surface area contributed by atoms with Crippen LogP contribution in [0.3, 0.4) is 0 Å². The molecule has 90 valence electrons. The molecule has 1 aromatic heterocycles. The van der Waals surface area contributed by atoms with Gasteiger partial charge in [0.25, 0.3) is 0 Å². The van der Waals surface area contributed by atoms with Crippen molar-refractivity contribution in [2.75, 3.05) is 18.5 Å². The van der Waals surface area contributed by atoms with Gasteiger partial charge in [-0.15, -0.1) is 0 Å². The maximum Gasteiger partial charge on any atom is 0.356 e. The molecule has 1 unspecified atom stereocenters. The van der Waals surface area contributed by atoms with Gasteiger partial charge in [0.15, 0.2) is 5.69 Å². The van der Waals surface area contributed by atoms with Crippen LogP contribution in [-0.4, -0.2) is 35.2 Å². The first-order chi connectivity index (χ1) is 8.18. The Bertz CT molecular complexity index is 441. The Morgan fingerprint density at radius 1 is 1.53 bits per heavy atom. The molecule has 2 rings (SSSR count). The summed E-state index contributed by atoms with van der Waals surface area (Å²) in [7, 11) is 0. The molecule has 0 bridgehead atoms. The average molecular weight is 236 g/mol. The van der Waals surface area contributed by atoms with Crippen molar-refractivity contribution in [2.24, 2.45) is 5.92 Å². The van der Waals surface area contributed by atoms with Crippen LogP contribution in [0, 0.1) is 5.92 Å². The van der Waals surface area contributed by atoms with Gasteiger partial charge in [0.05, 0.1) is 18.2 Å². The highest BCUT2D eigenvalue weighted by Crippen LogP contribution is 2.17. The first-order valence-corrected chi connectivity index (χ1v) is 5.25. The van der Waals surface area contributed by atoms with Gasteiger partial charge in [-0.2, -0.15) is 0 Å². The largest absolute Gasteiger partial charge is 0.476 e. The Kier molecular flexibility index (Phi) is 3.34. The highest BCUT2D eigenvalue weighted by atomic mass is 16.5. The van der Waals surface area contributed by atoms with Crippen molar-refractivity contribution in [3.63, 3.8) is 0 Å². The fourth-order valence-electron chi connectivity index (χ4n) is 1.65. The molecular weight excluding hydrogens is 224 g/mol. The SMILES string of the molecule is O=C(O)c1ncccc1NC(=O)C1CCOC1. The Hall–Kier alpha value is -1.95. The number of carboxylic acids is 1. The van der Waals surface area contributed by atoms with E-state index >= 15 is 0 Å². The normalized spacial score (nSPS) is 18.9. The van der Waals surface area contributed by atoms with Crippen LogP contribution in [0.15, 0.2) is 18.3 Å². The van der Waals surface area contributed by atoms with E-state index in [1.807, 2.05) is 0 Å². The van der Waals surface area contributed by atoms with Crippen LogP contribution in [0.2, 0.25) is 0 Å². The van der Waals surface area contributed by atoms with E-state index in [4.69, 9.17) is 9.84 Å². The quantitative estimate of drug-likeness (QED) is 0.808. The summed E-state index contributed by atoms with van der Waals surface area (Å²) in [5, 5.41) is 11.5. The van der Waals surface area contributed by atoms with Crippen LogP contribution in [-0.2, 0) is 9.53 Å². The second-order valence-electron chi connectivity index (χ2n) is 3.75. The number of pyridine rings is 1. The number of ether oxygens (including phenoxy) is 1. The van der Waals surface area contributed by atoms with Crippen LogP contribution in [0.1, 0.15) is 16.9 Å². The number of anilines is 1. The highest BCUT2D eigenvalue weighted by molar-refractivity contribution is 5.99. The number of carboxylic acid groups (broad SMARTS) is 1. The Balaban J connectivity index is 2.12. The third kappa shape index (κ3) is 2.59. The Morgan fingerprint density at radius 2 is 2.35 bits per heavy atom. The summed E-state index contributed by atoms with van der Waals surface area (Å²) in [6.45, 7) is 0.950. The number of carbonyl (C=O) groups is 2. The third-order valence-electron chi connectivity index (χ3n) is 2.57. The van der Waals surface area contributed by atoms with Crippen molar-refractivity contribution in [1.29, 1.82) is 0 Å². The summed E-state index contributed by atoms with van der Waals surface area (Å²) in [6.07, 6.45) is 2.03. The molecule has 2 heterocycles. The molecular formula is C11H12N2O4. The van der Waals surface area contributed by atoms with Crippen LogP contribution < -0.4 is 5.32 Å². The summed E-state index contributed by atoms with van der Waals surface area (Å²) >= 11 is 0. The van der Waals surface area contributed by atoms with Crippen molar-refractivity contribution < 1.29 is 19.4 Å². The van der Waals surface area contributed by atoms with Gasteiger partial charge >= 0.3 is 5.97 Å². The van der Waals surface area contributed by atoms with Gasteiger partial charge < -0.3 is 15.2 Å². The maximum atomic E-state index is 11.8. The lowest BCUT2D eigenvalue weighted by atomic mass is 10.1. The van der Waals surface area contributed by atoms with Crippen LogP contribution in [0.5, 0.6) is 0 Å². The molecule has 6 nitrogen and oxygen atoms in total. The molecule has 6 heteroatoms. The van der Waals surface area contributed by atoms with E-state index in [1.54, 1.807) is 6.07 Å². The van der Waals surface area contributed by atoms with E-state index in [1.165, 1.54) is 12.3 Å². The number of aromatic nitrogens is 1. The van der Waals surface area contributed by atoms with Crippen molar-refractivity contribution in [3.05, 3.63) is 24.0 Å². The second-order valence-corrected chi connectivity index (χ2v) is 3.75. The lowest BCUT2D eigenvalue weighted by Gasteiger charge is -2.10. The molecule has 0 aromatic carbocycles. The fraction of sp³-hybridized carbons (Fsp3) is 0.364. The van der Waals surface area contributed by atoms with Gasteiger partial charge in [0, 0.05) is 12.8 Å². The number of nitrogens with one attached hydrogen (secondary N) is 1. The molecule has 1 aliphatic rings. The highest BCUT2D eigenvalue weighted by Gasteiger charge is 2.24. The van der Waals surface area contributed by atoms with E-state index in [2.05, 4.69) is 10.3 Å². The van der Waals surface area contributed by atoms with Crippen molar-refractivity contribution in [3.8, 4) is 0 Å². The number of rotatable bonds is 3. The summed E-state index contributed by atoms with van der Waals surface area (Å²) < 4.78 is 5.10. The van der Waals surface area contributed by atoms with E-state index in [0.717, 1.165) is 0 Å². The number of hydrogen-bond donors (Lipinski definition) is 2. The van der Waals surface area contributed by atoms with Crippen molar-refractivity contribution in [1.82, 2.24) is 4.98 Å². The molecule has 0 aliphatic carbocycles. The molecule has 2 N–H and O–H groups in total. The Morgan fingerprint density at radius 3 is 3.00 bits per heavy atom. The van der Waals surface area contributed by atoms with E-state index in [-0.39, 0.29) is 23.2 Å². The van der Waals surface area contributed by atoms with Gasteiger partial charge in [0.1, 0.15) is 0 Å². The average Bonchev–Trinajstić information content (AvgIpc) is 2.83. The van der Waals surface area contributed by atoms with E-state index in [9.17, 15) is 9.59 Å². The molecule has 1 saturated heterocycles. The summed E-state index contributed by atoms with van der Waals surface area (Å²) in [5.74, 6) is -1.60. The van der Waals surface area contributed by atoms with E-state index in [0.29, 0.717) is 19.6 Å². The smallest absolute Gasteiger partial charge is 0.356 e. The number of nitrogens with zero attached hydrogens (tertiary/aromatic N) is 1. The zero-order valence-electron chi connectivity index (χ0n) is 9.05. The summed E-state index contributed by atoms with van der Waals surface area (Å²) in [6, 6.07) is 3.09. The standard InChI is InChI=1S/C11H12N2O4/c14-10(7-3-5-17-6-7)13-8-2-1-4-12-9(8)11(15)16/h1-2,4,7H,3,5-6H2,(H,13,14)(H,15,16). The van der Waals surface area contributed by atoms with Gasteiger partial charge in [-0.1, -0.05) is 0 Å². The minimum absolute atomic E-state index is 0.153. The summed E-state index contributed by atoms with van der Waals surface area (Å²) in [5.41, 5.74) is 0.0664. The lowest BCUT2D eigenvalue weighted by molar-refractivity contribution is -0.119. The van der Waals surface area contributed by atoms with Crippen LogP contribution >= 0.6 is 0 Å². The topological polar surface area (TPSA) is 88.5 Å². The molecule has 1 fully saturated rings. The first-order valence-electron chi connectivity index (χ1n) is 5.25. The van der Waals surface area contributed by atoms with Gasteiger partial charge in [-0.05, 0) is 18.6 Å². The van der Waals surface area contributed by atoms with Gasteiger partial charge in [-0.3, -0.25) is 4.79 Å². The summed E-state index contributed by atoms with van der Waals surface area (Å²) in [4.78, 5) is 26.4. The predicted octanol–water partition coefficient (Wildman–Crippen LogP) is 0.755. The second kappa shape index (κ2) is 4.92. The molecule has 1 amide bonds. The monoisotopic (exact) mass is 236 g/mol. The minimum atomic E-state index is -1.16. The molecule has 1 atom stereocenters. The molecule has 0 radical (unpaired) electrons. The number of aromatic carboxylic acids is 1. The predicted molar refractivity (Wildman–Crippen MR) is 58.8 cm³/mol. The van der Waals surface area contributed by atoms with Crippen LogP contribution in [0.4, 0.5) is 5.69 Å². The van der Waals surface area contributed by atoms with Gasteiger partial charge in [-0.25, -0.2) is 9.78 Å². The maximum absolute atomic E-state index is 11.8. The molecule has 0 saturated carbocycles. The zero-order chi connectivity index (χ0) is 12.3. The number of hydrogen-bond acceptors (Lipinski definition) is 4. The van der Waals surface area contributed by atoms with Crippen LogP contribution in [0.25, 0.3) is 0 Å². The molecule has 17 heavy (non-hydrogen) atoms. The Labute approximate surface area is 97.6 Å². The molecule has 1 aliphatic heterocycles. The molecule has 1 aromatic rings. The number of carbonyl (C=O) groups excluding carboxylic acids is 1. The first kappa shape index (κ1) is 11.5. The molecule has 0 spiro atoms. The fourth-order valence-corrected chi connectivity index (χ4v) is 1.65. The zero-order valence-corrected chi connectivity index (χ0v) is 9.05. The van der Waals surface area contributed by atoms with Gasteiger partial charge in [0.2, 0.25) is 5.91 Å². The number of amides is 1. The van der Waals surface area contributed by atoms with Crippen molar-refractivity contribution >= 4 is 17.6 Å². The third-order valence-corrected chi connectivity index (χ3v) is 2.57. The van der Waals surface area contributed by atoms with Crippen molar-refractivity contribution in [2.45, 2.75) is 6.42 Å². The minimum Gasteiger partial charge on any atom is -0.476 e.